The highest BCUT2D eigenvalue weighted by Gasteiger charge is 2.37. The number of rotatable bonds is 7. The number of nitrogens with one attached hydrogen (secondary N) is 1. The first-order valence-corrected chi connectivity index (χ1v) is 10.2. The van der Waals surface area contributed by atoms with Crippen molar-refractivity contribution in [3.8, 4) is 11.5 Å². The summed E-state index contributed by atoms with van der Waals surface area (Å²) < 4.78 is 10.9. The van der Waals surface area contributed by atoms with Gasteiger partial charge in [-0.3, -0.25) is 14.4 Å². The molecule has 0 saturated heterocycles. The number of hydrogen-bond acceptors (Lipinski definition) is 5. The molecule has 0 unspecified atom stereocenters. The lowest BCUT2D eigenvalue weighted by Gasteiger charge is -2.18. The van der Waals surface area contributed by atoms with Crippen LogP contribution in [0.25, 0.3) is 0 Å². The van der Waals surface area contributed by atoms with Crippen LogP contribution >= 0.6 is 0 Å². The van der Waals surface area contributed by atoms with Crippen LogP contribution in [0.5, 0.6) is 11.5 Å². The minimum absolute atomic E-state index is 0.159. The smallest absolute Gasteiger partial charge is 0.266 e. The van der Waals surface area contributed by atoms with Crippen LogP contribution < -0.4 is 19.7 Å². The Balaban J connectivity index is 1.46. The van der Waals surface area contributed by atoms with Crippen molar-refractivity contribution in [3.05, 3.63) is 83.4 Å². The van der Waals surface area contributed by atoms with E-state index >= 15 is 0 Å². The van der Waals surface area contributed by atoms with Gasteiger partial charge in [-0.2, -0.15) is 0 Å². The number of hydrogen-bond donors (Lipinski definition) is 1. The molecule has 1 N–H and O–H groups in total. The Labute approximate surface area is 185 Å². The van der Waals surface area contributed by atoms with Gasteiger partial charge in [-0.1, -0.05) is 31.2 Å². The number of ether oxygens (including phenoxy) is 2. The minimum Gasteiger partial charge on any atom is -0.494 e. The molecule has 1 aliphatic heterocycles. The van der Waals surface area contributed by atoms with Gasteiger partial charge in [0.25, 0.3) is 17.7 Å². The van der Waals surface area contributed by atoms with E-state index in [1.54, 1.807) is 42.5 Å². The second-order valence-electron chi connectivity index (χ2n) is 7.21. The topological polar surface area (TPSA) is 84.9 Å². The maximum Gasteiger partial charge on any atom is 0.266 e. The Bertz CT molecular complexity index is 1150. The molecule has 0 spiro atoms. The molecule has 7 nitrogen and oxygen atoms in total. The number of methoxy groups -OCH3 is 1. The largest absolute Gasteiger partial charge is 0.494 e. The van der Waals surface area contributed by atoms with Crippen LogP contribution in [0, 0.1) is 0 Å². The Hall–Kier alpha value is -4.13. The Morgan fingerprint density at radius 1 is 0.938 bits per heavy atom. The molecule has 0 radical (unpaired) electrons. The third kappa shape index (κ3) is 4.05. The van der Waals surface area contributed by atoms with Gasteiger partial charge in [0.05, 0.1) is 23.9 Å². The summed E-state index contributed by atoms with van der Waals surface area (Å²) in [5.41, 5.74) is 2.65. The normalized spacial score (nSPS) is 12.5. The summed E-state index contributed by atoms with van der Waals surface area (Å²) in [6.45, 7) is 1.91. The molecule has 3 amide bonds. The van der Waals surface area contributed by atoms with Crippen molar-refractivity contribution >= 4 is 29.1 Å². The van der Waals surface area contributed by atoms with Crippen LogP contribution in [0.1, 0.15) is 33.2 Å². The molecule has 7 heteroatoms. The highest BCUT2D eigenvalue weighted by molar-refractivity contribution is 6.34. The van der Waals surface area contributed by atoms with Gasteiger partial charge in [-0.25, -0.2) is 4.90 Å². The van der Waals surface area contributed by atoms with Crippen LogP contribution in [0.4, 0.5) is 11.4 Å². The second-order valence-corrected chi connectivity index (χ2v) is 7.21. The van der Waals surface area contributed by atoms with Gasteiger partial charge >= 0.3 is 0 Å². The molecule has 0 saturated carbocycles. The van der Waals surface area contributed by atoms with Crippen LogP contribution in [0.2, 0.25) is 0 Å². The number of imide groups is 1. The molecule has 4 rings (SSSR count). The zero-order valence-corrected chi connectivity index (χ0v) is 17.8. The number of aryl methyl sites for hydroxylation is 1. The summed E-state index contributed by atoms with van der Waals surface area (Å²) in [6.07, 6.45) is 0.930. The van der Waals surface area contributed by atoms with Crippen molar-refractivity contribution in [2.45, 2.75) is 13.3 Å². The van der Waals surface area contributed by atoms with E-state index in [9.17, 15) is 14.4 Å². The highest BCUT2D eigenvalue weighted by Crippen LogP contribution is 2.36. The van der Waals surface area contributed by atoms with E-state index < -0.39 is 11.8 Å². The fourth-order valence-corrected chi connectivity index (χ4v) is 3.52. The number of anilines is 2. The predicted molar refractivity (Wildman–Crippen MR) is 121 cm³/mol. The second kappa shape index (κ2) is 8.93. The van der Waals surface area contributed by atoms with Crippen molar-refractivity contribution in [3.63, 3.8) is 0 Å². The van der Waals surface area contributed by atoms with E-state index in [1.165, 1.54) is 12.7 Å². The first kappa shape index (κ1) is 21.1. The molecular formula is C25H22N2O5. The lowest BCUT2D eigenvalue weighted by atomic mass is 10.1. The van der Waals surface area contributed by atoms with E-state index in [0.717, 1.165) is 11.3 Å². The summed E-state index contributed by atoms with van der Waals surface area (Å²) in [4.78, 5) is 38.9. The predicted octanol–water partition coefficient (Wildman–Crippen LogP) is 4.08. The summed E-state index contributed by atoms with van der Waals surface area (Å²) in [5.74, 6) is -0.282. The SMILES string of the molecule is CCc1ccc(OCC(=O)Nc2ccc(N3C(=O)c4ccccc4C3=O)c(OC)c2)cc1. The third-order valence-electron chi connectivity index (χ3n) is 5.20. The van der Waals surface area contributed by atoms with Crippen molar-refractivity contribution in [2.75, 3.05) is 23.9 Å². The molecular weight excluding hydrogens is 408 g/mol. The Morgan fingerprint density at radius 3 is 2.19 bits per heavy atom. The molecule has 32 heavy (non-hydrogen) atoms. The van der Waals surface area contributed by atoms with Crippen LogP contribution in [-0.2, 0) is 11.2 Å². The molecule has 0 aromatic heterocycles. The van der Waals surface area contributed by atoms with Gasteiger partial charge in [0, 0.05) is 11.8 Å². The molecule has 3 aromatic carbocycles. The van der Waals surface area contributed by atoms with Gasteiger partial charge in [-0.05, 0) is 48.4 Å². The first-order chi connectivity index (χ1) is 15.5. The Morgan fingerprint density at radius 2 is 1.59 bits per heavy atom. The molecule has 1 heterocycles. The van der Waals surface area contributed by atoms with Gasteiger partial charge in [0.2, 0.25) is 0 Å². The monoisotopic (exact) mass is 430 g/mol. The molecule has 162 valence electrons. The standard InChI is InChI=1S/C25H22N2O5/c1-3-16-8-11-18(12-9-16)32-15-23(28)26-17-10-13-21(22(14-17)31-2)27-24(29)19-6-4-5-7-20(19)25(27)30/h4-14H,3,15H2,1-2H3,(H,26,28). The minimum atomic E-state index is -0.414. The number of amides is 3. The molecule has 0 bridgehead atoms. The van der Waals surface area contributed by atoms with E-state index in [2.05, 4.69) is 12.2 Å². The number of carbonyl (C=O) groups excluding carboxylic acids is 3. The van der Waals surface area contributed by atoms with Crippen LogP contribution in [0.15, 0.2) is 66.7 Å². The quantitative estimate of drug-likeness (QED) is 0.571. The van der Waals surface area contributed by atoms with Crippen molar-refractivity contribution in [2.24, 2.45) is 0 Å². The van der Waals surface area contributed by atoms with Gasteiger partial charge in [0.1, 0.15) is 11.5 Å². The lowest BCUT2D eigenvalue weighted by molar-refractivity contribution is -0.118. The van der Waals surface area contributed by atoms with E-state index in [4.69, 9.17) is 9.47 Å². The Kier molecular flexibility index (Phi) is 5.89. The molecule has 0 atom stereocenters. The average molecular weight is 430 g/mol. The van der Waals surface area contributed by atoms with Crippen molar-refractivity contribution in [1.29, 1.82) is 0 Å². The maximum atomic E-state index is 12.8. The van der Waals surface area contributed by atoms with Gasteiger partial charge in [-0.15, -0.1) is 0 Å². The molecule has 0 fully saturated rings. The van der Waals surface area contributed by atoms with Crippen LogP contribution in [0.3, 0.4) is 0 Å². The molecule has 3 aromatic rings. The molecule has 1 aliphatic rings. The van der Waals surface area contributed by atoms with Gasteiger partial charge < -0.3 is 14.8 Å². The van der Waals surface area contributed by atoms with Gasteiger partial charge in [0.15, 0.2) is 6.61 Å². The number of carbonyl (C=O) groups is 3. The number of fused-ring (bicyclic) bond motifs is 1. The fourth-order valence-electron chi connectivity index (χ4n) is 3.52. The lowest BCUT2D eigenvalue weighted by Crippen LogP contribution is -2.29. The van der Waals surface area contributed by atoms with Crippen LogP contribution in [-0.4, -0.2) is 31.4 Å². The van der Waals surface area contributed by atoms with E-state index in [1.807, 2.05) is 24.3 Å². The van der Waals surface area contributed by atoms with Crippen molar-refractivity contribution < 1.29 is 23.9 Å². The third-order valence-corrected chi connectivity index (χ3v) is 5.20. The van der Waals surface area contributed by atoms with E-state index in [-0.39, 0.29) is 18.3 Å². The average Bonchev–Trinajstić information content (AvgIpc) is 3.08. The number of benzene rings is 3. The fraction of sp³-hybridized carbons (Fsp3) is 0.160. The summed E-state index contributed by atoms with van der Waals surface area (Å²) in [6, 6.07) is 19.0. The first-order valence-electron chi connectivity index (χ1n) is 10.2. The zero-order chi connectivity index (χ0) is 22.7. The summed E-state index contributed by atoms with van der Waals surface area (Å²) in [7, 11) is 1.44. The highest BCUT2D eigenvalue weighted by atomic mass is 16.5. The molecule has 0 aliphatic carbocycles. The summed E-state index contributed by atoms with van der Waals surface area (Å²) >= 11 is 0. The zero-order valence-electron chi connectivity index (χ0n) is 17.8. The van der Waals surface area contributed by atoms with Crippen molar-refractivity contribution in [1.82, 2.24) is 0 Å². The summed E-state index contributed by atoms with van der Waals surface area (Å²) in [5, 5.41) is 2.73. The maximum absolute atomic E-state index is 12.8. The number of nitrogens with zero attached hydrogens (tertiary/aromatic N) is 1. The van der Waals surface area contributed by atoms with E-state index in [0.29, 0.717) is 28.3 Å².